The lowest BCUT2D eigenvalue weighted by molar-refractivity contribution is -0.311. The quantitative estimate of drug-likeness (QED) is 0.111. The van der Waals surface area contributed by atoms with Crippen molar-refractivity contribution < 1.29 is 33.6 Å². The number of hydrogen-bond acceptors (Lipinski definition) is 7. The van der Waals surface area contributed by atoms with Gasteiger partial charge in [0.05, 0.1) is 19.8 Å². The molecule has 1 aliphatic rings. The van der Waals surface area contributed by atoms with Crippen molar-refractivity contribution in [2.24, 2.45) is 0 Å². The lowest BCUT2D eigenvalue weighted by Crippen LogP contribution is -2.61. The van der Waals surface area contributed by atoms with Crippen molar-refractivity contribution in [1.29, 1.82) is 0 Å². The van der Waals surface area contributed by atoms with Gasteiger partial charge in [0.1, 0.15) is 23.9 Å². The summed E-state index contributed by atoms with van der Waals surface area (Å²) in [5, 5.41) is 11.3. The number of aliphatic hydroxyl groups is 1. The van der Waals surface area contributed by atoms with Gasteiger partial charge in [0.25, 0.3) is 0 Å². The summed E-state index contributed by atoms with van der Waals surface area (Å²) in [6.45, 7) is 1.74. The first kappa shape index (κ1) is 33.3. The zero-order chi connectivity index (χ0) is 33.2. The van der Waals surface area contributed by atoms with Gasteiger partial charge in [-0.05, 0) is 27.8 Å². The lowest BCUT2D eigenvalue weighted by atomic mass is 9.80. The second kappa shape index (κ2) is 16.0. The molecule has 0 spiro atoms. The van der Waals surface area contributed by atoms with Gasteiger partial charge in [-0.1, -0.05) is 152 Å². The Morgan fingerprint density at radius 1 is 0.604 bits per heavy atom. The van der Waals surface area contributed by atoms with E-state index >= 15 is 0 Å². The zero-order valence-corrected chi connectivity index (χ0v) is 26.8. The van der Waals surface area contributed by atoms with Crippen molar-refractivity contribution in [2.75, 3.05) is 6.61 Å². The maximum Gasteiger partial charge on any atom is 0.303 e. The van der Waals surface area contributed by atoms with Gasteiger partial charge in [-0.25, -0.2) is 0 Å². The number of hydrogen-bond donors (Lipinski definition) is 1. The third kappa shape index (κ3) is 7.73. The van der Waals surface area contributed by atoms with Crippen LogP contribution in [-0.4, -0.2) is 48.4 Å². The Kier molecular flexibility index (Phi) is 11.1. The molecule has 0 saturated carbocycles. The molecule has 6 rings (SSSR count). The molecule has 5 aromatic carbocycles. The third-order valence-electron chi connectivity index (χ3n) is 8.49. The molecule has 0 bridgehead atoms. The van der Waals surface area contributed by atoms with E-state index in [4.69, 9.17) is 23.7 Å². The molecule has 5 atom stereocenters. The first-order chi connectivity index (χ1) is 23.5. The molecular formula is C41H40O7. The fourth-order valence-corrected chi connectivity index (χ4v) is 6.25. The number of rotatable bonds is 13. The summed E-state index contributed by atoms with van der Waals surface area (Å²) in [4.78, 5) is 12.3. The molecule has 0 aromatic heterocycles. The first-order valence-corrected chi connectivity index (χ1v) is 16.2. The van der Waals surface area contributed by atoms with Gasteiger partial charge < -0.3 is 28.8 Å². The molecule has 1 aliphatic heterocycles. The fraction of sp³-hybridized carbons (Fsp3) is 0.244. The normalized spacial score (nSPS) is 21.0. The summed E-state index contributed by atoms with van der Waals surface area (Å²) in [6, 6.07) is 49.6. The largest absolute Gasteiger partial charge is 0.454 e. The van der Waals surface area contributed by atoms with Gasteiger partial charge in [-0.3, -0.25) is 4.79 Å². The Balaban J connectivity index is 1.39. The summed E-state index contributed by atoms with van der Waals surface area (Å²) in [6.07, 6.45) is -5.10. The van der Waals surface area contributed by atoms with Crippen LogP contribution in [0.2, 0.25) is 0 Å². The molecule has 1 N–H and O–H groups in total. The molecule has 7 heteroatoms. The average Bonchev–Trinajstić information content (AvgIpc) is 3.14. The van der Waals surface area contributed by atoms with Crippen molar-refractivity contribution in [3.63, 3.8) is 0 Å². The van der Waals surface area contributed by atoms with Crippen LogP contribution in [0, 0.1) is 0 Å². The van der Waals surface area contributed by atoms with E-state index in [1.807, 2.05) is 152 Å². The number of benzene rings is 5. The molecule has 0 unspecified atom stereocenters. The van der Waals surface area contributed by atoms with Crippen LogP contribution in [-0.2, 0) is 47.3 Å². The number of esters is 1. The Morgan fingerprint density at radius 2 is 1.00 bits per heavy atom. The van der Waals surface area contributed by atoms with Crippen LogP contribution in [0.1, 0.15) is 34.7 Å². The zero-order valence-electron chi connectivity index (χ0n) is 26.8. The first-order valence-electron chi connectivity index (χ1n) is 16.2. The van der Waals surface area contributed by atoms with Gasteiger partial charge in [0.2, 0.25) is 0 Å². The lowest BCUT2D eigenvalue weighted by Gasteiger charge is -2.45. The second-order valence-electron chi connectivity index (χ2n) is 11.8. The van der Waals surface area contributed by atoms with E-state index in [1.54, 1.807) is 0 Å². The average molecular weight is 645 g/mol. The van der Waals surface area contributed by atoms with Crippen molar-refractivity contribution in [1.82, 2.24) is 0 Å². The highest BCUT2D eigenvalue weighted by Gasteiger charge is 2.50. The molecule has 5 aromatic rings. The number of aliphatic hydroxyl groups excluding tert-OH is 1. The third-order valence-corrected chi connectivity index (χ3v) is 8.49. The van der Waals surface area contributed by atoms with Gasteiger partial charge in [-0.15, -0.1) is 0 Å². The van der Waals surface area contributed by atoms with Crippen molar-refractivity contribution in [3.05, 3.63) is 179 Å². The van der Waals surface area contributed by atoms with Gasteiger partial charge in [0, 0.05) is 6.92 Å². The molecule has 7 nitrogen and oxygen atoms in total. The second-order valence-corrected chi connectivity index (χ2v) is 11.8. The highest BCUT2D eigenvalue weighted by Crippen LogP contribution is 2.41. The molecule has 0 radical (unpaired) electrons. The molecule has 0 amide bonds. The molecule has 246 valence electrons. The monoisotopic (exact) mass is 644 g/mol. The van der Waals surface area contributed by atoms with E-state index in [-0.39, 0.29) is 19.8 Å². The topological polar surface area (TPSA) is 83.5 Å². The van der Waals surface area contributed by atoms with E-state index in [0.717, 1.165) is 27.8 Å². The summed E-state index contributed by atoms with van der Waals surface area (Å²) in [7, 11) is 0. The maximum absolute atomic E-state index is 12.3. The predicted octanol–water partition coefficient (Wildman–Crippen LogP) is 6.81. The standard InChI is InChI=1S/C41H40O7/c1-30(42)47-39-38(45-28-32-19-9-3-10-20-32)37(44-27-31-17-7-2-8-18-31)36(48-40(39)43)29-46-41(33-21-11-4-12-22-33,34-23-13-5-14-24-34)35-25-15-6-16-26-35/h2-26,36-40,43H,27-29H2,1H3/t36-,37+,38-,39-,40-/m0/s1. The molecule has 1 heterocycles. The van der Waals surface area contributed by atoms with Crippen LogP contribution >= 0.6 is 0 Å². The van der Waals surface area contributed by atoms with Crippen molar-refractivity contribution in [3.8, 4) is 0 Å². The fourth-order valence-electron chi connectivity index (χ4n) is 6.25. The van der Waals surface area contributed by atoms with Crippen LogP contribution in [0.5, 0.6) is 0 Å². The van der Waals surface area contributed by atoms with Crippen LogP contribution in [0.15, 0.2) is 152 Å². The summed E-state index contributed by atoms with van der Waals surface area (Å²) in [5.41, 5.74) is 3.61. The van der Waals surface area contributed by atoms with E-state index in [9.17, 15) is 9.90 Å². The van der Waals surface area contributed by atoms with Crippen LogP contribution in [0.3, 0.4) is 0 Å². The van der Waals surface area contributed by atoms with Gasteiger partial charge in [-0.2, -0.15) is 0 Å². The SMILES string of the molecule is CC(=O)O[C@H]1[C@@H](OCc2ccccc2)[C@H](OCc2ccccc2)[C@H](COC(c2ccccc2)(c2ccccc2)c2ccccc2)O[C@@H]1O. The molecule has 0 aliphatic carbocycles. The Hall–Kier alpha value is -4.63. The minimum atomic E-state index is -1.49. The minimum absolute atomic E-state index is 0.00713. The Labute approximate surface area is 281 Å². The van der Waals surface area contributed by atoms with Gasteiger partial charge >= 0.3 is 5.97 Å². The molecule has 48 heavy (non-hydrogen) atoms. The highest BCUT2D eigenvalue weighted by molar-refractivity contribution is 5.66. The summed E-state index contributed by atoms with van der Waals surface area (Å²) in [5.74, 6) is -0.566. The van der Waals surface area contributed by atoms with Crippen LogP contribution < -0.4 is 0 Å². The molecule has 1 saturated heterocycles. The highest BCUT2D eigenvalue weighted by atomic mass is 16.7. The Morgan fingerprint density at radius 3 is 1.42 bits per heavy atom. The smallest absolute Gasteiger partial charge is 0.303 e. The predicted molar refractivity (Wildman–Crippen MR) is 182 cm³/mol. The number of carbonyl (C=O) groups excluding carboxylic acids is 1. The molecular weight excluding hydrogens is 604 g/mol. The molecule has 1 fully saturated rings. The van der Waals surface area contributed by atoms with Crippen LogP contribution in [0.25, 0.3) is 0 Å². The van der Waals surface area contributed by atoms with Crippen molar-refractivity contribution in [2.45, 2.75) is 56.4 Å². The number of carbonyl (C=O) groups is 1. The summed E-state index contributed by atoms with van der Waals surface area (Å²) >= 11 is 0. The van der Waals surface area contributed by atoms with Crippen LogP contribution in [0.4, 0.5) is 0 Å². The number of ether oxygens (including phenoxy) is 5. The summed E-state index contributed by atoms with van der Waals surface area (Å²) < 4.78 is 32.0. The maximum atomic E-state index is 12.3. The minimum Gasteiger partial charge on any atom is -0.454 e. The van der Waals surface area contributed by atoms with E-state index in [1.165, 1.54) is 6.92 Å². The van der Waals surface area contributed by atoms with E-state index < -0.39 is 42.3 Å². The van der Waals surface area contributed by atoms with E-state index in [2.05, 4.69) is 0 Å². The van der Waals surface area contributed by atoms with E-state index in [0.29, 0.717) is 0 Å². The van der Waals surface area contributed by atoms with Crippen molar-refractivity contribution >= 4 is 5.97 Å². The Bertz CT molecular complexity index is 1590. The van der Waals surface area contributed by atoms with Gasteiger partial charge in [0.15, 0.2) is 12.4 Å².